The summed E-state index contributed by atoms with van der Waals surface area (Å²) in [6, 6.07) is 0. The monoisotopic (exact) mass is 227 g/mol. The summed E-state index contributed by atoms with van der Waals surface area (Å²) in [5.41, 5.74) is 5.08. The van der Waals surface area contributed by atoms with Gasteiger partial charge in [-0.15, -0.1) is 0 Å². The van der Waals surface area contributed by atoms with E-state index in [0.29, 0.717) is 0 Å². The van der Waals surface area contributed by atoms with Crippen molar-refractivity contribution < 1.29 is 9.53 Å². The van der Waals surface area contributed by atoms with E-state index in [1.165, 1.54) is 44.9 Å². The summed E-state index contributed by atoms with van der Waals surface area (Å²) >= 11 is 0. The highest BCUT2D eigenvalue weighted by molar-refractivity contribution is 5.64. The summed E-state index contributed by atoms with van der Waals surface area (Å²) < 4.78 is 5.13. The summed E-state index contributed by atoms with van der Waals surface area (Å²) in [5.74, 6) is 0. The second-order valence-electron chi connectivity index (χ2n) is 4.82. The molecule has 0 aromatic carbocycles. The van der Waals surface area contributed by atoms with E-state index in [1.54, 1.807) is 0 Å². The molecule has 16 heavy (non-hydrogen) atoms. The molecule has 1 aliphatic carbocycles. The van der Waals surface area contributed by atoms with Crippen molar-refractivity contribution in [2.45, 2.75) is 76.7 Å². The van der Waals surface area contributed by atoms with Crippen LogP contribution in [0.25, 0.3) is 0 Å². The maximum Gasteiger partial charge on any atom is 0.404 e. The molecule has 0 spiro atoms. The van der Waals surface area contributed by atoms with E-state index in [4.69, 9.17) is 10.5 Å². The first-order valence-electron chi connectivity index (χ1n) is 6.75. The second-order valence-corrected chi connectivity index (χ2v) is 4.82. The summed E-state index contributed by atoms with van der Waals surface area (Å²) in [6.07, 6.45) is 13.0. The van der Waals surface area contributed by atoms with Gasteiger partial charge >= 0.3 is 6.09 Å². The molecule has 3 heteroatoms. The number of hydrogen-bond donors (Lipinski definition) is 1. The molecule has 3 nitrogen and oxygen atoms in total. The maximum absolute atomic E-state index is 10.7. The van der Waals surface area contributed by atoms with Gasteiger partial charge in [-0.25, -0.2) is 4.79 Å². The molecular formula is C13H25NO2. The lowest BCUT2D eigenvalue weighted by molar-refractivity contribution is 0.0919. The van der Waals surface area contributed by atoms with Crippen LogP contribution in [0, 0.1) is 0 Å². The van der Waals surface area contributed by atoms with Gasteiger partial charge in [0.15, 0.2) is 0 Å². The van der Waals surface area contributed by atoms with Crippen molar-refractivity contribution >= 4 is 6.09 Å². The first kappa shape index (κ1) is 13.3. The Hall–Kier alpha value is -0.730. The first-order chi connectivity index (χ1) is 7.79. The van der Waals surface area contributed by atoms with Crippen LogP contribution < -0.4 is 5.73 Å². The third-order valence-corrected chi connectivity index (χ3v) is 3.34. The van der Waals surface area contributed by atoms with E-state index in [2.05, 4.69) is 0 Å². The molecule has 0 aliphatic heterocycles. The normalized spacial score (nSPS) is 21.8. The van der Waals surface area contributed by atoms with Crippen molar-refractivity contribution in [1.82, 2.24) is 0 Å². The van der Waals surface area contributed by atoms with Gasteiger partial charge in [0.05, 0.1) is 0 Å². The Morgan fingerprint density at radius 1 is 0.812 bits per heavy atom. The van der Waals surface area contributed by atoms with Gasteiger partial charge in [-0.1, -0.05) is 44.9 Å². The molecule has 0 aromatic rings. The Morgan fingerprint density at radius 2 is 1.19 bits per heavy atom. The maximum atomic E-state index is 10.7. The van der Waals surface area contributed by atoms with Crippen molar-refractivity contribution in [2.75, 3.05) is 0 Å². The average molecular weight is 227 g/mol. The Morgan fingerprint density at radius 3 is 1.56 bits per heavy atom. The highest BCUT2D eigenvalue weighted by Crippen LogP contribution is 2.18. The van der Waals surface area contributed by atoms with E-state index in [0.717, 1.165) is 25.7 Å². The van der Waals surface area contributed by atoms with Gasteiger partial charge in [0.25, 0.3) is 0 Å². The average Bonchev–Trinajstić information content (AvgIpc) is 2.21. The number of amides is 1. The molecule has 2 N–H and O–H groups in total. The van der Waals surface area contributed by atoms with Gasteiger partial charge < -0.3 is 10.5 Å². The molecule has 1 rings (SSSR count). The molecule has 1 saturated carbocycles. The molecular weight excluding hydrogens is 202 g/mol. The SMILES string of the molecule is NC(=O)OC1CCCCCCCCCCC1. The van der Waals surface area contributed by atoms with E-state index < -0.39 is 6.09 Å². The Bertz CT molecular complexity index is 182. The van der Waals surface area contributed by atoms with Crippen LogP contribution in [0.15, 0.2) is 0 Å². The molecule has 0 radical (unpaired) electrons. The predicted molar refractivity (Wildman–Crippen MR) is 65.2 cm³/mol. The van der Waals surface area contributed by atoms with Crippen LogP contribution in [0.1, 0.15) is 70.6 Å². The third-order valence-electron chi connectivity index (χ3n) is 3.34. The molecule has 0 unspecified atom stereocenters. The Kier molecular flexibility index (Phi) is 7.02. The van der Waals surface area contributed by atoms with Crippen LogP contribution in [0.5, 0.6) is 0 Å². The van der Waals surface area contributed by atoms with Gasteiger partial charge in [-0.05, 0) is 25.7 Å². The minimum atomic E-state index is -0.614. The lowest BCUT2D eigenvalue weighted by Crippen LogP contribution is -2.22. The van der Waals surface area contributed by atoms with E-state index >= 15 is 0 Å². The van der Waals surface area contributed by atoms with Crippen LogP contribution in [-0.2, 0) is 4.74 Å². The molecule has 1 fully saturated rings. The molecule has 1 aliphatic rings. The fourth-order valence-corrected chi connectivity index (χ4v) is 2.41. The summed E-state index contributed by atoms with van der Waals surface area (Å²) in [5, 5.41) is 0. The predicted octanol–water partition coefficient (Wildman–Crippen LogP) is 3.76. The first-order valence-corrected chi connectivity index (χ1v) is 6.75. The van der Waals surface area contributed by atoms with E-state index in [9.17, 15) is 4.79 Å². The zero-order valence-electron chi connectivity index (χ0n) is 10.2. The van der Waals surface area contributed by atoms with Crippen molar-refractivity contribution in [3.05, 3.63) is 0 Å². The zero-order valence-corrected chi connectivity index (χ0v) is 10.2. The molecule has 1 amide bonds. The smallest absolute Gasteiger partial charge is 0.404 e. The number of rotatable bonds is 1. The van der Waals surface area contributed by atoms with Crippen LogP contribution in [0.4, 0.5) is 4.79 Å². The number of nitrogens with two attached hydrogens (primary N) is 1. The lowest BCUT2D eigenvalue weighted by atomic mass is 9.99. The second kappa shape index (κ2) is 8.43. The number of primary amides is 1. The van der Waals surface area contributed by atoms with Crippen LogP contribution in [0.2, 0.25) is 0 Å². The highest BCUT2D eigenvalue weighted by Gasteiger charge is 2.12. The summed E-state index contributed by atoms with van der Waals surface area (Å²) in [7, 11) is 0. The zero-order chi connectivity index (χ0) is 11.6. The fraction of sp³-hybridized carbons (Fsp3) is 0.923. The molecule has 0 heterocycles. The van der Waals surface area contributed by atoms with E-state index in [-0.39, 0.29) is 6.10 Å². The number of carbonyl (C=O) groups excluding carboxylic acids is 1. The largest absolute Gasteiger partial charge is 0.446 e. The van der Waals surface area contributed by atoms with E-state index in [1.807, 2.05) is 0 Å². The molecule has 0 aromatic heterocycles. The minimum absolute atomic E-state index is 0.0666. The minimum Gasteiger partial charge on any atom is -0.446 e. The van der Waals surface area contributed by atoms with Crippen molar-refractivity contribution in [3.8, 4) is 0 Å². The number of ether oxygens (including phenoxy) is 1. The molecule has 0 bridgehead atoms. The summed E-state index contributed by atoms with van der Waals surface area (Å²) in [6.45, 7) is 0. The highest BCUT2D eigenvalue weighted by atomic mass is 16.6. The third kappa shape index (κ3) is 6.70. The van der Waals surface area contributed by atoms with Gasteiger partial charge in [-0.2, -0.15) is 0 Å². The Balaban J connectivity index is 2.27. The van der Waals surface area contributed by atoms with Crippen molar-refractivity contribution in [3.63, 3.8) is 0 Å². The van der Waals surface area contributed by atoms with Gasteiger partial charge in [0.1, 0.15) is 6.10 Å². The van der Waals surface area contributed by atoms with Gasteiger partial charge in [-0.3, -0.25) is 0 Å². The van der Waals surface area contributed by atoms with Crippen molar-refractivity contribution in [2.24, 2.45) is 5.73 Å². The van der Waals surface area contributed by atoms with Crippen LogP contribution >= 0.6 is 0 Å². The number of carbonyl (C=O) groups is 1. The van der Waals surface area contributed by atoms with Crippen LogP contribution in [-0.4, -0.2) is 12.2 Å². The van der Waals surface area contributed by atoms with Gasteiger partial charge in [0, 0.05) is 0 Å². The summed E-state index contributed by atoms with van der Waals surface area (Å²) in [4.78, 5) is 10.7. The lowest BCUT2D eigenvalue weighted by Gasteiger charge is -2.17. The van der Waals surface area contributed by atoms with Crippen molar-refractivity contribution in [1.29, 1.82) is 0 Å². The Labute approximate surface area is 98.7 Å². The molecule has 0 atom stereocenters. The fourth-order valence-electron chi connectivity index (χ4n) is 2.41. The molecule has 94 valence electrons. The van der Waals surface area contributed by atoms with Gasteiger partial charge in [0.2, 0.25) is 0 Å². The quantitative estimate of drug-likeness (QED) is 0.741. The topological polar surface area (TPSA) is 52.3 Å². The standard InChI is InChI=1S/C13H25NO2/c14-13(15)16-12-10-8-6-4-2-1-3-5-7-9-11-12/h12H,1-11H2,(H2,14,15). The van der Waals surface area contributed by atoms with Crippen LogP contribution in [0.3, 0.4) is 0 Å². The number of hydrogen-bond acceptors (Lipinski definition) is 2. The molecule has 0 saturated heterocycles.